The van der Waals surface area contributed by atoms with Crippen molar-refractivity contribution >= 4 is 29.1 Å². The van der Waals surface area contributed by atoms with E-state index in [2.05, 4.69) is 39.1 Å². The Hall–Kier alpha value is -3.16. The van der Waals surface area contributed by atoms with Crippen LogP contribution < -0.4 is 14.7 Å². The fraction of sp³-hybridized carbons (Fsp3) is 0.520. The normalized spacial score (nSPS) is 23.8. The van der Waals surface area contributed by atoms with Gasteiger partial charge in [-0.1, -0.05) is 18.2 Å². The second-order valence-corrected chi connectivity index (χ2v) is 9.34. The number of nitrogens with zero attached hydrogens (tertiary/aromatic N) is 6. The predicted octanol–water partition coefficient (Wildman–Crippen LogP) is 2.56. The molecule has 0 saturated carbocycles. The van der Waals surface area contributed by atoms with Gasteiger partial charge in [-0.15, -0.1) is 10.2 Å². The molecule has 2 unspecified atom stereocenters. The number of amides is 2. The topological polar surface area (TPSA) is 72.9 Å². The molecular weight excluding hydrogens is 416 g/mol. The number of benzene rings is 1. The quantitative estimate of drug-likeness (QED) is 0.716. The fourth-order valence-electron chi connectivity index (χ4n) is 5.22. The minimum atomic E-state index is -0.269. The highest BCUT2D eigenvalue weighted by Gasteiger charge is 2.38. The molecule has 2 atom stereocenters. The number of aromatic nitrogens is 2. The van der Waals surface area contributed by atoms with Crippen LogP contribution in [-0.4, -0.2) is 72.2 Å². The van der Waals surface area contributed by atoms with E-state index in [1.165, 1.54) is 19.3 Å². The molecule has 4 heterocycles. The van der Waals surface area contributed by atoms with Crippen LogP contribution in [0.1, 0.15) is 32.6 Å². The van der Waals surface area contributed by atoms with E-state index >= 15 is 0 Å². The smallest absolute Gasteiger partial charge is 0.228 e. The maximum atomic E-state index is 13.1. The number of piperazine rings is 1. The summed E-state index contributed by atoms with van der Waals surface area (Å²) in [5, 5.41) is 8.99. The van der Waals surface area contributed by atoms with Gasteiger partial charge in [0.25, 0.3) is 0 Å². The first-order chi connectivity index (χ1) is 16.1. The summed E-state index contributed by atoms with van der Waals surface area (Å²) in [4.78, 5) is 33.8. The predicted molar refractivity (Wildman–Crippen MR) is 128 cm³/mol. The number of anilines is 3. The van der Waals surface area contributed by atoms with Gasteiger partial charge in [0.2, 0.25) is 11.8 Å². The first kappa shape index (κ1) is 21.7. The van der Waals surface area contributed by atoms with Gasteiger partial charge in [0.15, 0.2) is 11.6 Å². The third-order valence-corrected chi connectivity index (χ3v) is 7.19. The van der Waals surface area contributed by atoms with E-state index in [0.29, 0.717) is 25.7 Å². The molecule has 0 radical (unpaired) electrons. The van der Waals surface area contributed by atoms with Crippen LogP contribution in [0.15, 0.2) is 42.5 Å². The molecule has 3 aliphatic rings. The standard InChI is InChI=1S/C25H32N6O2/c1-19-7-5-6-12-30(19)23-11-10-22(26-27-23)28-13-15-29(16-14-28)25(33)20-17-24(32)31(18-20)21-8-3-2-4-9-21/h2-4,8-11,19-20H,5-7,12-18H2,1H3. The molecule has 33 heavy (non-hydrogen) atoms. The molecule has 5 rings (SSSR count). The average Bonchev–Trinajstić information content (AvgIpc) is 3.26. The Bertz CT molecular complexity index is 974. The monoisotopic (exact) mass is 448 g/mol. The van der Waals surface area contributed by atoms with Crippen molar-refractivity contribution in [3.05, 3.63) is 42.5 Å². The van der Waals surface area contributed by atoms with Crippen molar-refractivity contribution in [2.24, 2.45) is 5.92 Å². The van der Waals surface area contributed by atoms with Gasteiger partial charge in [-0.2, -0.15) is 0 Å². The zero-order chi connectivity index (χ0) is 22.8. The summed E-state index contributed by atoms with van der Waals surface area (Å²) in [6, 6.07) is 14.2. The van der Waals surface area contributed by atoms with Crippen molar-refractivity contribution in [3.8, 4) is 0 Å². The summed E-state index contributed by atoms with van der Waals surface area (Å²) in [6.45, 7) is 6.49. The zero-order valence-electron chi connectivity index (χ0n) is 19.3. The second kappa shape index (κ2) is 9.37. The Kier molecular flexibility index (Phi) is 6.15. The van der Waals surface area contributed by atoms with Crippen molar-refractivity contribution < 1.29 is 9.59 Å². The molecule has 2 amide bonds. The van der Waals surface area contributed by atoms with Crippen molar-refractivity contribution in [2.45, 2.75) is 38.6 Å². The molecule has 0 bridgehead atoms. The van der Waals surface area contributed by atoms with E-state index in [0.717, 1.165) is 37.0 Å². The van der Waals surface area contributed by atoms with E-state index in [9.17, 15) is 9.59 Å². The van der Waals surface area contributed by atoms with Crippen LogP contribution in [-0.2, 0) is 9.59 Å². The minimum Gasteiger partial charge on any atom is -0.352 e. The fourth-order valence-corrected chi connectivity index (χ4v) is 5.22. The maximum Gasteiger partial charge on any atom is 0.228 e. The molecule has 0 N–H and O–H groups in total. The molecule has 1 aromatic carbocycles. The van der Waals surface area contributed by atoms with E-state index in [-0.39, 0.29) is 24.2 Å². The summed E-state index contributed by atoms with van der Waals surface area (Å²) in [5.74, 6) is 1.66. The Morgan fingerprint density at radius 1 is 0.909 bits per heavy atom. The van der Waals surface area contributed by atoms with Gasteiger partial charge in [0.05, 0.1) is 5.92 Å². The van der Waals surface area contributed by atoms with Crippen molar-refractivity contribution in [1.29, 1.82) is 0 Å². The maximum absolute atomic E-state index is 13.1. The summed E-state index contributed by atoms with van der Waals surface area (Å²) in [5.41, 5.74) is 0.864. The largest absolute Gasteiger partial charge is 0.352 e. The lowest BCUT2D eigenvalue weighted by Gasteiger charge is -2.37. The number of rotatable bonds is 4. The van der Waals surface area contributed by atoms with Crippen LogP contribution in [0.3, 0.4) is 0 Å². The van der Waals surface area contributed by atoms with Gasteiger partial charge in [-0.3, -0.25) is 9.59 Å². The molecule has 0 spiro atoms. The van der Waals surface area contributed by atoms with E-state index < -0.39 is 0 Å². The van der Waals surface area contributed by atoms with Crippen LogP contribution in [0, 0.1) is 5.92 Å². The van der Waals surface area contributed by atoms with Crippen LogP contribution in [0.25, 0.3) is 0 Å². The number of hydrogen-bond donors (Lipinski definition) is 0. The van der Waals surface area contributed by atoms with Gasteiger partial charge >= 0.3 is 0 Å². The third-order valence-electron chi connectivity index (χ3n) is 7.19. The van der Waals surface area contributed by atoms with Crippen LogP contribution in [0.5, 0.6) is 0 Å². The summed E-state index contributed by atoms with van der Waals surface area (Å²) >= 11 is 0. The molecule has 0 aliphatic carbocycles. The second-order valence-electron chi connectivity index (χ2n) is 9.34. The minimum absolute atomic E-state index is 0.0246. The molecular formula is C25H32N6O2. The first-order valence-electron chi connectivity index (χ1n) is 12.1. The molecule has 174 valence electrons. The Labute approximate surface area is 195 Å². The lowest BCUT2D eigenvalue weighted by molar-refractivity contribution is -0.136. The molecule has 2 aromatic rings. The van der Waals surface area contributed by atoms with Gasteiger partial charge in [0.1, 0.15) is 0 Å². The SMILES string of the molecule is CC1CCCCN1c1ccc(N2CCN(C(=O)C3CC(=O)N(c4ccccc4)C3)CC2)nn1. The summed E-state index contributed by atoms with van der Waals surface area (Å²) < 4.78 is 0. The highest BCUT2D eigenvalue weighted by atomic mass is 16.2. The Balaban J connectivity index is 1.16. The molecule has 8 nitrogen and oxygen atoms in total. The van der Waals surface area contributed by atoms with Crippen molar-refractivity contribution in [2.75, 3.05) is 54.0 Å². The van der Waals surface area contributed by atoms with Crippen LogP contribution >= 0.6 is 0 Å². The molecule has 3 aliphatic heterocycles. The Morgan fingerprint density at radius 3 is 2.33 bits per heavy atom. The Morgan fingerprint density at radius 2 is 1.64 bits per heavy atom. The van der Waals surface area contributed by atoms with Crippen LogP contribution in [0.2, 0.25) is 0 Å². The van der Waals surface area contributed by atoms with E-state index in [4.69, 9.17) is 0 Å². The highest BCUT2D eigenvalue weighted by Crippen LogP contribution is 2.27. The summed E-state index contributed by atoms with van der Waals surface area (Å²) in [6.07, 6.45) is 3.98. The first-order valence-corrected chi connectivity index (χ1v) is 12.1. The lowest BCUT2D eigenvalue weighted by atomic mass is 10.0. The van der Waals surface area contributed by atoms with Gasteiger partial charge in [-0.25, -0.2) is 0 Å². The van der Waals surface area contributed by atoms with Crippen molar-refractivity contribution in [1.82, 2.24) is 15.1 Å². The van der Waals surface area contributed by atoms with Gasteiger partial charge < -0.3 is 19.6 Å². The highest BCUT2D eigenvalue weighted by molar-refractivity contribution is 6.00. The molecule has 3 fully saturated rings. The average molecular weight is 449 g/mol. The lowest BCUT2D eigenvalue weighted by Crippen LogP contribution is -2.51. The number of piperidine rings is 1. The number of carbonyl (C=O) groups excluding carboxylic acids is 2. The zero-order valence-corrected chi connectivity index (χ0v) is 19.3. The molecule has 8 heteroatoms. The van der Waals surface area contributed by atoms with Crippen molar-refractivity contribution in [3.63, 3.8) is 0 Å². The number of hydrogen-bond acceptors (Lipinski definition) is 6. The van der Waals surface area contributed by atoms with Crippen LogP contribution in [0.4, 0.5) is 17.3 Å². The van der Waals surface area contributed by atoms with Gasteiger partial charge in [0, 0.05) is 57.4 Å². The van der Waals surface area contributed by atoms with Gasteiger partial charge in [-0.05, 0) is 50.5 Å². The third kappa shape index (κ3) is 4.51. The summed E-state index contributed by atoms with van der Waals surface area (Å²) in [7, 11) is 0. The number of para-hydroxylation sites is 1. The molecule has 1 aromatic heterocycles. The van der Waals surface area contributed by atoms with E-state index in [1.54, 1.807) is 4.90 Å². The number of carbonyl (C=O) groups is 2. The van der Waals surface area contributed by atoms with E-state index in [1.807, 2.05) is 35.2 Å². The molecule has 3 saturated heterocycles.